The van der Waals surface area contributed by atoms with E-state index in [1.807, 2.05) is 26.1 Å². The minimum Gasteiger partial charge on any atom is -0.320 e. The summed E-state index contributed by atoms with van der Waals surface area (Å²) in [6.07, 6.45) is 3.06. The maximum atomic E-state index is 12.5. The summed E-state index contributed by atoms with van der Waals surface area (Å²) in [5, 5.41) is 3.16. The van der Waals surface area contributed by atoms with Crippen LogP contribution in [-0.4, -0.2) is 39.4 Å². The first-order valence-corrected chi connectivity index (χ1v) is 8.69. The largest absolute Gasteiger partial charge is 0.320 e. The Morgan fingerprint density at radius 1 is 1.19 bits per heavy atom. The Labute approximate surface area is 134 Å². The lowest BCUT2D eigenvalue weighted by Crippen LogP contribution is -2.38. The monoisotopic (exact) mass is 332 g/mol. The van der Waals surface area contributed by atoms with Crippen LogP contribution in [0.3, 0.4) is 0 Å². The molecule has 1 aliphatic heterocycles. The van der Waals surface area contributed by atoms with Crippen molar-refractivity contribution in [2.45, 2.75) is 31.1 Å². The van der Waals surface area contributed by atoms with Crippen molar-refractivity contribution in [2.75, 3.05) is 26.7 Å². The molecule has 1 aromatic carbocycles. The summed E-state index contributed by atoms with van der Waals surface area (Å²) in [4.78, 5) is 0.414. The number of benzene rings is 1. The predicted octanol–water partition coefficient (Wildman–Crippen LogP) is 2.43. The smallest absolute Gasteiger partial charge is 0.243 e. The van der Waals surface area contributed by atoms with Gasteiger partial charge in [0, 0.05) is 13.1 Å². The summed E-state index contributed by atoms with van der Waals surface area (Å²) < 4.78 is 26.7. The van der Waals surface area contributed by atoms with Crippen LogP contribution in [-0.2, 0) is 10.0 Å². The van der Waals surface area contributed by atoms with Gasteiger partial charge >= 0.3 is 0 Å². The third-order valence-corrected chi connectivity index (χ3v) is 5.95. The number of rotatable bonds is 5. The summed E-state index contributed by atoms with van der Waals surface area (Å²) in [6.45, 7) is 4.26. The van der Waals surface area contributed by atoms with Crippen molar-refractivity contribution in [3.05, 3.63) is 29.8 Å². The molecule has 0 saturated carbocycles. The van der Waals surface area contributed by atoms with Crippen molar-refractivity contribution >= 4 is 22.4 Å². The van der Waals surface area contributed by atoms with Gasteiger partial charge in [-0.15, -0.1) is 12.4 Å². The highest BCUT2D eigenvalue weighted by Gasteiger charge is 2.28. The van der Waals surface area contributed by atoms with Crippen molar-refractivity contribution in [1.29, 1.82) is 0 Å². The van der Waals surface area contributed by atoms with E-state index in [1.54, 1.807) is 16.4 Å². The van der Waals surface area contributed by atoms with E-state index >= 15 is 0 Å². The maximum absolute atomic E-state index is 12.5. The van der Waals surface area contributed by atoms with Crippen LogP contribution in [0.15, 0.2) is 29.2 Å². The lowest BCUT2D eigenvalue weighted by Gasteiger charge is -2.31. The van der Waals surface area contributed by atoms with Crippen molar-refractivity contribution < 1.29 is 8.42 Å². The zero-order valence-electron chi connectivity index (χ0n) is 12.7. The third kappa shape index (κ3) is 4.68. The van der Waals surface area contributed by atoms with Gasteiger partial charge in [-0.3, -0.25) is 0 Å². The predicted molar refractivity (Wildman–Crippen MR) is 88.5 cm³/mol. The van der Waals surface area contributed by atoms with E-state index < -0.39 is 10.0 Å². The maximum Gasteiger partial charge on any atom is 0.243 e. The lowest BCUT2D eigenvalue weighted by molar-refractivity contribution is 0.263. The summed E-state index contributed by atoms with van der Waals surface area (Å²) in [5.41, 5.74) is 1.08. The molecule has 120 valence electrons. The summed E-state index contributed by atoms with van der Waals surface area (Å²) in [6, 6.07) is 7.12. The molecule has 0 aliphatic carbocycles. The van der Waals surface area contributed by atoms with Crippen LogP contribution in [0.25, 0.3) is 0 Å². The van der Waals surface area contributed by atoms with Crippen LogP contribution in [0.4, 0.5) is 0 Å². The first-order valence-electron chi connectivity index (χ1n) is 7.25. The molecule has 2 rings (SSSR count). The van der Waals surface area contributed by atoms with E-state index in [2.05, 4.69) is 5.32 Å². The van der Waals surface area contributed by atoms with E-state index in [0.717, 1.165) is 31.4 Å². The molecule has 0 aromatic heterocycles. The third-order valence-electron chi connectivity index (χ3n) is 4.03. The van der Waals surface area contributed by atoms with Gasteiger partial charge in [0.15, 0.2) is 0 Å². The summed E-state index contributed by atoms with van der Waals surface area (Å²) >= 11 is 0. The molecule has 0 bridgehead atoms. The standard InChI is InChI=1S/C15H24N2O2S.ClH/c1-13-3-5-15(6-4-13)20(18,19)17-11-8-14(9-12-17)7-10-16-2;/h3-6,14,16H,7-12H2,1-2H3;1H. The normalized spacial score (nSPS) is 17.4. The van der Waals surface area contributed by atoms with Gasteiger partial charge in [0.2, 0.25) is 10.0 Å². The number of nitrogens with zero attached hydrogens (tertiary/aromatic N) is 1. The molecule has 1 aromatic rings. The minimum absolute atomic E-state index is 0. The van der Waals surface area contributed by atoms with Gasteiger partial charge in [0.1, 0.15) is 0 Å². The molecule has 1 N–H and O–H groups in total. The molecular formula is C15H25ClN2O2S. The van der Waals surface area contributed by atoms with Crippen LogP contribution in [0, 0.1) is 12.8 Å². The number of piperidine rings is 1. The number of hydrogen-bond acceptors (Lipinski definition) is 3. The second kappa shape index (κ2) is 8.13. The quantitative estimate of drug-likeness (QED) is 0.901. The van der Waals surface area contributed by atoms with Gasteiger partial charge in [-0.2, -0.15) is 4.31 Å². The molecule has 1 heterocycles. The number of sulfonamides is 1. The highest BCUT2D eigenvalue weighted by molar-refractivity contribution is 7.89. The Hall–Kier alpha value is -0.620. The van der Waals surface area contributed by atoms with E-state index in [4.69, 9.17) is 0 Å². The summed E-state index contributed by atoms with van der Waals surface area (Å²) in [7, 11) is -1.35. The summed E-state index contributed by atoms with van der Waals surface area (Å²) in [5.74, 6) is 0.645. The van der Waals surface area contributed by atoms with Crippen LogP contribution in [0.2, 0.25) is 0 Å². The Kier molecular flexibility index (Phi) is 7.13. The zero-order valence-corrected chi connectivity index (χ0v) is 14.3. The molecular weight excluding hydrogens is 308 g/mol. The second-order valence-electron chi connectivity index (χ2n) is 5.55. The Morgan fingerprint density at radius 2 is 1.76 bits per heavy atom. The van der Waals surface area contributed by atoms with Crippen molar-refractivity contribution in [3.8, 4) is 0 Å². The minimum atomic E-state index is -3.31. The van der Waals surface area contributed by atoms with E-state index in [9.17, 15) is 8.42 Å². The Morgan fingerprint density at radius 3 is 2.29 bits per heavy atom. The van der Waals surface area contributed by atoms with Crippen molar-refractivity contribution in [3.63, 3.8) is 0 Å². The second-order valence-corrected chi connectivity index (χ2v) is 7.49. The molecule has 0 amide bonds. The number of halogens is 1. The molecule has 0 spiro atoms. The molecule has 6 heteroatoms. The van der Waals surface area contributed by atoms with E-state index in [1.165, 1.54) is 0 Å². The van der Waals surface area contributed by atoms with Gasteiger partial charge in [0.25, 0.3) is 0 Å². The van der Waals surface area contributed by atoms with Crippen molar-refractivity contribution in [2.24, 2.45) is 5.92 Å². The highest BCUT2D eigenvalue weighted by atomic mass is 35.5. The SMILES string of the molecule is CNCCC1CCN(S(=O)(=O)c2ccc(C)cc2)CC1.Cl. The Bertz CT molecular complexity index is 523. The fourth-order valence-corrected chi connectivity index (χ4v) is 4.12. The number of hydrogen-bond donors (Lipinski definition) is 1. The zero-order chi connectivity index (χ0) is 14.6. The fraction of sp³-hybridized carbons (Fsp3) is 0.600. The molecule has 0 radical (unpaired) electrons. The highest BCUT2D eigenvalue weighted by Crippen LogP contribution is 2.25. The van der Waals surface area contributed by atoms with Crippen LogP contribution in [0.5, 0.6) is 0 Å². The lowest BCUT2D eigenvalue weighted by atomic mass is 9.95. The van der Waals surface area contributed by atoms with Gasteiger partial charge in [-0.25, -0.2) is 8.42 Å². The van der Waals surface area contributed by atoms with Crippen LogP contribution < -0.4 is 5.32 Å². The molecule has 0 unspecified atom stereocenters. The first-order chi connectivity index (χ1) is 9.54. The van der Waals surface area contributed by atoms with Gasteiger partial charge < -0.3 is 5.32 Å². The topological polar surface area (TPSA) is 49.4 Å². The molecule has 21 heavy (non-hydrogen) atoms. The molecule has 0 atom stereocenters. The van der Waals surface area contributed by atoms with E-state index in [-0.39, 0.29) is 12.4 Å². The average Bonchev–Trinajstić information content (AvgIpc) is 2.46. The molecule has 1 saturated heterocycles. The Balaban J connectivity index is 0.00000220. The molecule has 1 fully saturated rings. The molecule has 4 nitrogen and oxygen atoms in total. The molecule has 1 aliphatic rings. The first kappa shape index (κ1) is 18.4. The number of nitrogens with one attached hydrogen (secondary N) is 1. The number of aryl methyl sites for hydroxylation is 1. The fourth-order valence-electron chi connectivity index (χ4n) is 2.65. The van der Waals surface area contributed by atoms with E-state index in [0.29, 0.717) is 23.9 Å². The van der Waals surface area contributed by atoms with Crippen LogP contribution in [0.1, 0.15) is 24.8 Å². The van der Waals surface area contributed by atoms with Gasteiger partial charge in [-0.1, -0.05) is 17.7 Å². The average molecular weight is 333 g/mol. The van der Waals surface area contributed by atoms with Gasteiger partial charge in [-0.05, 0) is 57.8 Å². The van der Waals surface area contributed by atoms with Gasteiger partial charge in [0.05, 0.1) is 4.90 Å². The van der Waals surface area contributed by atoms with Crippen molar-refractivity contribution in [1.82, 2.24) is 9.62 Å². The van der Waals surface area contributed by atoms with Crippen LogP contribution >= 0.6 is 12.4 Å².